The van der Waals surface area contributed by atoms with Crippen molar-refractivity contribution in [3.05, 3.63) is 65.4 Å². The molecule has 4 nitrogen and oxygen atoms in total. The molecule has 0 unspecified atom stereocenters. The highest BCUT2D eigenvalue weighted by Gasteiger charge is 2.31. The Morgan fingerprint density at radius 1 is 1.17 bits per heavy atom. The zero-order valence-corrected chi connectivity index (χ0v) is 9.46. The number of fused-ring (bicyclic) bond motifs is 1. The summed E-state index contributed by atoms with van der Waals surface area (Å²) in [6.45, 7) is 0. The van der Waals surface area contributed by atoms with E-state index in [-0.39, 0.29) is 11.8 Å². The Morgan fingerprint density at radius 3 is 2.72 bits per heavy atom. The van der Waals surface area contributed by atoms with Gasteiger partial charge in [-0.1, -0.05) is 18.2 Å². The van der Waals surface area contributed by atoms with Gasteiger partial charge < -0.3 is 14.9 Å². The highest BCUT2D eigenvalue weighted by Crippen LogP contribution is 2.41. The summed E-state index contributed by atoms with van der Waals surface area (Å²) < 4.78 is 10.9. The Hall–Kier alpha value is -2.67. The molecule has 18 heavy (non-hydrogen) atoms. The average Bonchev–Trinajstić information content (AvgIpc) is 2.90. The predicted octanol–water partition coefficient (Wildman–Crippen LogP) is 2.50. The molecule has 1 aliphatic heterocycles. The molecule has 2 heterocycles. The van der Waals surface area contributed by atoms with Crippen molar-refractivity contribution in [1.82, 2.24) is 0 Å². The van der Waals surface area contributed by atoms with Crippen molar-refractivity contribution in [2.24, 2.45) is 5.73 Å². The van der Waals surface area contributed by atoms with Crippen LogP contribution in [0.4, 0.5) is 0 Å². The van der Waals surface area contributed by atoms with E-state index in [0.717, 1.165) is 5.56 Å². The summed E-state index contributed by atoms with van der Waals surface area (Å²) in [5.74, 6) is 1.19. The van der Waals surface area contributed by atoms with Crippen LogP contribution < -0.4 is 10.5 Å². The van der Waals surface area contributed by atoms with Crippen LogP contribution in [0.5, 0.6) is 5.75 Å². The Morgan fingerprint density at radius 2 is 2.00 bits per heavy atom. The van der Waals surface area contributed by atoms with E-state index in [4.69, 9.17) is 14.9 Å². The molecular weight excluding hydrogens is 228 g/mol. The second kappa shape index (κ2) is 3.97. The molecule has 0 saturated carbocycles. The highest BCUT2D eigenvalue weighted by atomic mass is 16.5. The molecule has 0 saturated heterocycles. The lowest BCUT2D eigenvalue weighted by Crippen LogP contribution is -2.20. The van der Waals surface area contributed by atoms with Gasteiger partial charge in [0.15, 0.2) is 0 Å². The van der Waals surface area contributed by atoms with Crippen LogP contribution in [0.25, 0.3) is 0 Å². The summed E-state index contributed by atoms with van der Waals surface area (Å²) in [7, 11) is 0. The van der Waals surface area contributed by atoms with Gasteiger partial charge in [0, 0.05) is 5.56 Å². The molecule has 2 N–H and O–H groups in total. The molecule has 0 bridgehead atoms. The van der Waals surface area contributed by atoms with E-state index in [9.17, 15) is 5.26 Å². The lowest BCUT2D eigenvalue weighted by Gasteiger charge is -2.24. The fourth-order valence-electron chi connectivity index (χ4n) is 2.15. The Balaban J connectivity index is 2.23. The van der Waals surface area contributed by atoms with Gasteiger partial charge in [0.2, 0.25) is 5.88 Å². The van der Waals surface area contributed by atoms with Crippen LogP contribution in [-0.2, 0) is 0 Å². The van der Waals surface area contributed by atoms with Gasteiger partial charge in [-0.2, -0.15) is 5.26 Å². The monoisotopic (exact) mass is 238 g/mol. The maximum Gasteiger partial charge on any atom is 0.205 e. The van der Waals surface area contributed by atoms with Crippen molar-refractivity contribution in [1.29, 1.82) is 5.26 Å². The Kier molecular flexibility index (Phi) is 2.31. The van der Waals surface area contributed by atoms with Crippen LogP contribution in [0.15, 0.2) is 58.5 Å². The van der Waals surface area contributed by atoms with Gasteiger partial charge in [0.25, 0.3) is 0 Å². The largest absolute Gasteiger partial charge is 0.468 e. The van der Waals surface area contributed by atoms with E-state index < -0.39 is 0 Å². The maximum atomic E-state index is 9.25. The predicted molar refractivity (Wildman–Crippen MR) is 64.4 cm³/mol. The Bertz CT molecular complexity index is 651. The fourth-order valence-corrected chi connectivity index (χ4v) is 2.15. The molecular formula is C14H10N2O2. The number of ether oxygens (including phenoxy) is 1. The van der Waals surface area contributed by atoms with Crippen LogP contribution in [0.2, 0.25) is 0 Å². The first-order valence-corrected chi connectivity index (χ1v) is 5.51. The molecule has 0 fully saturated rings. The summed E-state index contributed by atoms with van der Waals surface area (Å²) in [6.07, 6.45) is 1.58. The maximum absolute atomic E-state index is 9.25. The summed E-state index contributed by atoms with van der Waals surface area (Å²) in [5, 5.41) is 9.25. The van der Waals surface area contributed by atoms with Crippen molar-refractivity contribution < 1.29 is 9.15 Å². The molecule has 0 aliphatic carbocycles. The minimum atomic E-state index is -0.296. The third kappa shape index (κ3) is 1.45. The van der Waals surface area contributed by atoms with Gasteiger partial charge in [-0.3, -0.25) is 0 Å². The van der Waals surface area contributed by atoms with Crippen LogP contribution in [0, 0.1) is 11.3 Å². The molecule has 1 aliphatic rings. The summed E-state index contributed by atoms with van der Waals surface area (Å²) in [4.78, 5) is 0. The second-order valence-electron chi connectivity index (χ2n) is 3.98. The standard InChI is InChI=1S/C14H10N2O2/c15-8-10-13(12-6-3-7-17-12)9-4-1-2-5-11(9)18-14(10)16/h1-7,13H,16H2/t13-/m0/s1. The number of benzene rings is 1. The van der Waals surface area contributed by atoms with Crippen LogP contribution in [0.1, 0.15) is 17.2 Å². The topological polar surface area (TPSA) is 72.2 Å². The van der Waals surface area contributed by atoms with Crippen molar-refractivity contribution in [3.8, 4) is 11.8 Å². The molecule has 0 radical (unpaired) electrons. The van der Waals surface area contributed by atoms with E-state index in [0.29, 0.717) is 17.1 Å². The van der Waals surface area contributed by atoms with Crippen molar-refractivity contribution >= 4 is 0 Å². The van der Waals surface area contributed by atoms with Crippen molar-refractivity contribution in [2.75, 3.05) is 0 Å². The van der Waals surface area contributed by atoms with E-state index in [1.54, 1.807) is 12.3 Å². The zero-order valence-electron chi connectivity index (χ0n) is 9.46. The molecule has 2 aromatic rings. The normalized spacial score (nSPS) is 17.8. The number of nitrogens with two attached hydrogens (primary N) is 1. The van der Waals surface area contributed by atoms with E-state index in [2.05, 4.69) is 6.07 Å². The summed E-state index contributed by atoms with van der Waals surface area (Å²) in [6, 6.07) is 13.2. The van der Waals surface area contributed by atoms with Gasteiger partial charge in [-0.15, -0.1) is 0 Å². The molecule has 1 aromatic heterocycles. The average molecular weight is 238 g/mol. The van der Waals surface area contributed by atoms with E-state index >= 15 is 0 Å². The molecule has 0 amide bonds. The number of hydrogen-bond donors (Lipinski definition) is 1. The fraction of sp³-hybridized carbons (Fsp3) is 0.0714. The molecule has 4 heteroatoms. The molecule has 0 spiro atoms. The van der Waals surface area contributed by atoms with Gasteiger partial charge >= 0.3 is 0 Å². The number of nitrogens with zero attached hydrogens (tertiary/aromatic N) is 1. The first-order valence-electron chi connectivity index (χ1n) is 5.51. The summed E-state index contributed by atoms with van der Waals surface area (Å²) in [5.41, 5.74) is 7.06. The quantitative estimate of drug-likeness (QED) is 0.828. The summed E-state index contributed by atoms with van der Waals surface area (Å²) >= 11 is 0. The number of rotatable bonds is 1. The molecule has 3 rings (SSSR count). The van der Waals surface area contributed by atoms with E-state index in [1.807, 2.05) is 30.3 Å². The lowest BCUT2D eigenvalue weighted by atomic mass is 9.87. The third-order valence-electron chi connectivity index (χ3n) is 2.95. The molecule has 88 valence electrons. The van der Waals surface area contributed by atoms with Crippen LogP contribution in [-0.4, -0.2) is 0 Å². The van der Waals surface area contributed by atoms with Gasteiger partial charge in [-0.05, 0) is 18.2 Å². The zero-order chi connectivity index (χ0) is 12.5. The smallest absolute Gasteiger partial charge is 0.205 e. The van der Waals surface area contributed by atoms with Gasteiger partial charge in [0.1, 0.15) is 23.2 Å². The molecule has 1 aromatic carbocycles. The second-order valence-corrected chi connectivity index (χ2v) is 3.98. The number of nitriles is 1. The highest BCUT2D eigenvalue weighted by molar-refractivity contribution is 5.53. The lowest BCUT2D eigenvalue weighted by molar-refractivity contribution is 0.384. The van der Waals surface area contributed by atoms with Gasteiger partial charge in [0.05, 0.1) is 12.2 Å². The van der Waals surface area contributed by atoms with E-state index in [1.165, 1.54) is 0 Å². The molecule has 1 atom stereocenters. The van der Waals surface area contributed by atoms with Crippen molar-refractivity contribution in [2.45, 2.75) is 5.92 Å². The SMILES string of the molecule is N#CC1=C(N)Oc2ccccc2[C@@H]1c1ccco1. The Labute approximate surface area is 104 Å². The first-order chi connectivity index (χ1) is 8.81. The minimum Gasteiger partial charge on any atom is -0.468 e. The number of para-hydroxylation sites is 1. The van der Waals surface area contributed by atoms with Crippen LogP contribution in [0.3, 0.4) is 0 Å². The van der Waals surface area contributed by atoms with Gasteiger partial charge in [-0.25, -0.2) is 0 Å². The van der Waals surface area contributed by atoms with Crippen molar-refractivity contribution in [3.63, 3.8) is 0 Å². The number of allylic oxidation sites excluding steroid dienone is 1. The number of furan rings is 1. The minimum absolute atomic E-state index is 0.137. The first kappa shape index (κ1) is 10.5. The third-order valence-corrected chi connectivity index (χ3v) is 2.95. The van der Waals surface area contributed by atoms with Crippen LogP contribution >= 0.6 is 0 Å². The number of hydrogen-bond acceptors (Lipinski definition) is 4.